The SMILES string of the molecule is CC(C)CC(NCCCc1ccccc1)C(N)=O. The maximum absolute atomic E-state index is 11.3. The second kappa shape index (κ2) is 7.88. The van der Waals surface area contributed by atoms with Crippen molar-refractivity contribution in [3.05, 3.63) is 35.9 Å². The molecule has 0 bridgehead atoms. The monoisotopic (exact) mass is 248 g/mol. The predicted molar refractivity (Wildman–Crippen MR) is 75.2 cm³/mol. The van der Waals surface area contributed by atoms with Crippen molar-refractivity contribution in [2.24, 2.45) is 11.7 Å². The molecule has 3 nitrogen and oxygen atoms in total. The highest BCUT2D eigenvalue weighted by Gasteiger charge is 2.15. The first-order valence-corrected chi connectivity index (χ1v) is 6.66. The van der Waals surface area contributed by atoms with Gasteiger partial charge >= 0.3 is 0 Å². The largest absolute Gasteiger partial charge is 0.368 e. The summed E-state index contributed by atoms with van der Waals surface area (Å²) in [7, 11) is 0. The number of carbonyl (C=O) groups is 1. The Morgan fingerprint density at radius 2 is 1.94 bits per heavy atom. The third-order valence-corrected chi connectivity index (χ3v) is 2.93. The van der Waals surface area contributed by atoms with Crippen LogP contribution < -0.4 is 11.1 Å². The first-order valence-electron chi connectivity index (χ1n) is 6.66. The maximum Gasteiger partial charge on any atom is 0.234 e. The first-order chi connectivity index (χ1) is 8.59. The van der Waals surface area contributed by atoms with Crippen LogP contribution in [0.25, 0.3) is 0 Å². The van der Waals surface area contributed by atoms with Gasteiger partial charge in [-0.15, -0.1) is 0 Å². The van der Waals surface area contributed by atoms with Gasteiger partial charge < -0.3 is 11.1 Å². The molecule has 1 unspecified atom stereocenters. The van der Waals surface area contributed by atoms with Crippen LogP contribution >= 0.6 is 0 Å². The van der Waals surface area contributed by atoms with Gasteiger partial charge in [-0.3, -0.25) is 4.79 Å². The minimum Gasteiger partial charge on any atom is -0.368 e. The van der Waals surface area contributed by atoms with Crippen LogP contribution in [0, 0.1) is 5.92 Å². The van der Waals surface area contributed by atoms with E-state index in [0.29, 0.717) is 5.92 Å². The lowest BCUT2D eigenvalue weighted by molar-refractivity contribution is -0.120. The standard InChI is InChI=1S/C15H24N2O/c1-12(2)11-14(15(16)18)17-10-6-9-13-7-4-3-5-8-13/h3-5,7-8,12,14,17H,6,9-11H2,1-2H3,(H2,16,18). The number of primary amides is 1. The molecule has 1 amide bonds. The molecule has 0 saturated carbocycles. The number of nitrogens with one attached hydrogen (secondary N) is 1. The summed E-state index contributed by atoms with van der Waals surface area (Å²) in [6.45, 7) is 5.03. The van der Waals surface area contributed by atoms with E-state index in [9.17, 15) is 4.79 Å². The molecule has 0 aromatic heterocycles. The van der Waals surface area contributed by atoms with Crippen molar-refractivity contribution in [2.45, 2.75) is 39.2 Å². The zero-order valence-electron chi connectivity index (χ0n) is 11.4. The lowest BCUT2D eigenvalue weighted by atomic mass is 10.0. The van der Waals surface area contributed by atoms with Gasteiger partial charge in [-0.1, -0.05) is 44.2 Å². The first kappa shape index (κ1) is 14.7. The van der Waals surface area contributed by atoms with Crippen molar-refractivity contribution in [3.8, 4) is 0 Å². The average Bonchev–Trinajstić information content (AvgIpc) is 2.33. The lowest BCUT2D eigenvalue weighted by Crippen LogP contribution is -2.42. The van der Waals surface area contributed by atoms with Crippen molar-refractivity contribution >= 4 is 5.91 Å². The zero-order chi connectivity index (χ0) is 13.4. The van der Waals surface area contributed by atoms with E-state index < -0.39 is 0 Å². The number of aryl methyl sites for hydroxylation is 1. The highest BCUT2D eigenvalue weighted by Crippen LogP contribution is 2.05. The van der Waals surface area contributed by atoms with Crippen LogP contribution in [0.2, 0.25) is 0 Å². The topological polar surface area (TPSA) is 55.1 Å². The van der Waals surface area contributed by atoms with Crippen LogP contribution in [-0.4, -0.2) is 18.5 Å². The number of rotatable bonds is 8. The summed E-state index contributed by atoms with van der Waals surface area (Å²) in [6.07, 6.45) is 2.85. The Bertz CT molecular complexity index is 349. The summed E-state index contributed by atoms with van der Waals surface area (Å²) < 4.78 is 0. The molecule has 0 saturated heterocycles. The van der Waals surface area contributed by atoms with Crippen molar-refractivity contribution in [1.82, 2.24) is 5.32 Å². The van der Waals surface area contributed by atoms with Gasteiger partial charge in [-0.2, -0.15) is 0 Å². The molecule has 0 spiro atoms. The second-order valence-corrected chi connectivity index (χ2v) is 5.13. The van der Waals surface area contributed by atoms with Gasteiger partial charge in [0.25, 0.3) is 0 Å². The van der Waals surface area contributed by atoms with Crippen molar-refractivity contribution < 1.29 is 4.79 Å². The summed E-state index contributed by atoms with van der Waals surface area (Å²) in [5.74, 6) is 0.229. The summed E-state index contributed by atoms with van der Waals surface area (Å²) in [5, 5.41) is 3.25. The fraction of sp³-hybridized carbons (Fsp3) is 0.533. The van der Waals surface area contributed by atoms with Gasteiger partial charge in [-0.05, 0) is 37.3 Å². The smallest absolute Gasteiger partial charge is 0.234 e. The van der Waals surface area contributed by atoms with Crippen LogP contribution in [0.4, 0.5) is 0 Å². The summed E-state index contributed by atoms with van der Waals surface area (Å²) in [4.78, 5) is 11.3. The third-order valence-electron chi connectivity index (χ3n) is 2.93. The van der Waals surface area contributed by atoms with Crippen molar-refractivity contribution in [3.63, 3.8) is 0 Å². The van der Waals surface area contributed by atoms with Gasteiger partial charge in [0.1, 0.15) is 0 Å². The molecule has 3 N–H and O–H groups in total. The van der Waals surface area contributed by atoms with E-state index in [1.807, 2.05) is 18.2 Å². The fourth-order valence-electron chi connectivity index (χ4n) is 1.98. The number of hydrogen-bond donors (Lipinski definition) is 2. The maximum atomic E-state index is 11.3. The number of amides is 1. The number of carbonyl (C=O) groups excluding carboxylic acids is 1. The van der Waals surface area contributed by atoms with Gasteiger partial charge in [0, 0.05) is 0 Å². The zero-order valence-corrected chi connectivity index (χ0v) is 11.4. The quantitative estimate of drug-likeness (QED) is 0.692. The molecule has 0 fully saturated rings. The van der Waals surface area contributed by atoms with Crippen molar-refractivity contribution in [1.29, 1.82) is 0 Å². The Labute approximate surface area is 110 Å². The minimum atomic E-state index is -0.247. The predicted octanol–water partition coefficient (Wildman–Crippen LogP) is 2.11. The van der Waals surface area contributed by atoms with Gasteiger partial charge in [0.15, 0.2) is 0 Å². The van der Waals surface area contributed by atoms with Gasteiger partial charge in [0.05, 0.1) is 6.04 Å². The number of hydrogen-bond acceptors (Lipinski definition) is 2. The Hall–Kier alpha value is -1.35. The molecular weight excluding hydrogens is 224 g/mol. The Morgan fingerprint density at radius 3 is 2.50 bits per heavy atom. The molecule has 0 aliphatic carbocycles. The summed E-state index contributed by atoms with van der Waals surface area (Å²) in [5.41, 5.74) is 6.71. The molecule has 0 heterocycles. The molecule has 0 aliphatic heterocycles. The lowest BCUT2D eigenvalue weighted by Gasteiger charge is -2.17. The fourth-order valence-corrected chi connectivity index (χ4v) is 1.98. The van der Waals surface area contributed by atoms with E-state index in [0.717, 1.165) is 25.8 Å². The van der Waals surface area contributed by atoms with E-state index in [1.165, 1.54) is 5.56 Å². The van der Waals surface area contributed by atoms with Crippen LogP contribution in [-0.2, 0) is 11.2 Å². The number of benzene rings is 1. The molecule has 1 atom stereocenters. The highest BCUT2D eigenvalue weighted by molar-refractivity contribution is 5.79. The van der Waals surface area contributed by atoms with E-state index in [1.54, 1.807) is 0 Å². The van der Waals surface area contributed by atoms with Crippen molar-refractivity contribution in [2.75, 3.05) is 6.54 Å². The Morgan fingerprint density at radius 1 is 1.28 bits per heavy atom. The van der Waals surface area contributed by atoms with Crippen LogP contribution in [0.3, 0.4) is 0 Å². The third kappa shape index (κ3) is 5.82. The summed E-state index contributed by atoms with van der Waals surface area (Å²) >= 11 is 0. The van der Waals surface area contributed by atoms with Gasteiger partial charge in [0.2, 0.25) is 5.91 Å². The summed E-state index contributed by atoms with van der Waals surface area (Å²) in [6, 6.07) is 10.2. The Kier molecular flexibility index (Phi) is 6.44. The van der Waals surface area contributed by atoms with E-state index in [-0.39, 0.29) is 11.9 Å². The molecule has 3 heteroatoms. The molecule has 0 radical (unpaired) electrons. The molecule has 1 aromatic rings. The van der Waals surface area contributed by atoms with Crippen LogP contribution in [0.1, 0.15) is 32.3 Å². The average molecular weight is 248 g/mol. The normalized spacial score (nSPS) is 12.6. The molecule has 0 aliphatic rings. The van der Waals surface area contributed by atoms with E-state index in [2.05, 4.69) is 31.3 Å². The van der Waals surface area contributed by atoms with E-state index >= 15 is 0 Å². The molecule has 1 rings (SSSR count). The molecular formula is C15H24N2O. The molecule has 1 aromatic carbocycles. The molecule has 100 valence electrons. The number of nitrogens with two attached hydrogens (primary N) is 1. The van der Waals surface area contributed by atoms with Crippen LogP contribution in [0.5, 0.6) is 0 Å². The van der Waals surface area contributed by atoms with Crippen LogP contribution in [0.15, 0.2) is 30.3 Å². The molecule has 18 heavy (non-hydrogen) atoms. The van der Waals surface area contributed by atoms with E-state index in [4.69, 9.17) is 5.73 Å². The minimum absolute atomic E-state index is 0.194. The van der Waals surface area contributed by atoms with Gasteiger partial charge in [-0.25, -0.2) is 0 Å². The highest BCUT2D eigenvalue weighted by atomic mass is 16.1. The second-order valence-electron chi connectivity index (χ2n) is 5.13. The Balaban J connectivity index is 2.25.